The molecule has 2 N–H and O–H groups in total. The van der Waals surface area contributed by atoms with Crippen molar-refractivity contribution in [3.8, 4) is 28.1 Å². The number of halogens is 1. The number of fused-ring (bicyclic) bond motifs is 1. The average Bonchev–Trinajstić information content (AvgIpc) is 3.69. The van der Waals surface area contributed by atoms with Crippen molar-refractivity contribution in [3.63, 3.8) is 0 Å². The number of pyridine rings is 2. The quantitative estimate of drug-likeness (QED) is 0.339. The lowest BCUT2D eigenvalue weighted by Gasteiger charge is -2.15. The Balaban J connectivity index is 1.33. The van der Waals surface area contributed by atoms with Crippen molar-refractivity contribution < 1.29 is 9.53 Å². The molecule has 0 radical (unpaired) electrons. The minimum Gasteiger partial charge on any atom is -0.453 e. The summed E-state index contributed by atoms with van der Waals surface area (Å²) in [6, 6.07) is 12.3. The van der Waals surface area contributed by atoms with Gasteiger partial charge in [-0.05, 0) is 72.2 Å². The Morgan fingerprint density at radius 3 is 2.79 bits per heavy atom. The lowest BCUT2D eigenvalue weighted by molar-refractivity contribution is 0.187. The van der Waals surface area contributed by atoms with E-state index in [2.05, 4.69) is 35.5 Å². The van der Waals surface area contributed by atoms with E-state index >= 15 is 0 Å². The number of methoxy groups -OCH3 is 1. The van der Waals surface area contributed by atoms with Crippen molar-refractivity contribution >= 4 is 23.5 Å². The summed E-state index contributed by atoms with van der Waals surface area (Å²) in [5.41, 5.74) is 5.34. The second-order valence-electron chi connectivity index (χ2n) is 9.06. The van der Waals surface area contributed by atoms with Crippen molar-refractivity contribution in [1.29, 1.82) is 0 Å². The van der Waals surface area contributed by atoms with Gasteiger partial charge in [0.2, 0.25) is 0 Å². The lowest BCUT2D eigenvalue weighted by atomic mass is 10.0. The van der Waals surface area contributed by atoms with Crippen LogP contribution >= 0.6 is 11.6 Å². The molecule has 0 fully saturated rings. The summed E-state index contributed by atoms with van der Waals surface area (Å²) in [7, 11) is 1.29. The van der Waals surface area contributed by atoms with Gasteiger partial charge >= 0.3 is 6.09 Å². The number of benzene rings is 1. The van der Waals surface area contributed by atoms with Gasteiger partial charge in [0, 0.05) is 39.8 Å². The molecular formula is C26H22ClN9O3. The number of hydrogen-bond acceptors (Lipinski definition) is 8. The molecule has 1 amide bonds. The number of hydrogen-bond donors (Lipinski definition) is 2. The first-order chi connectivity index (χ1) is 18.9. The van der Waals surface area contributed by atoms with Gasteiger partial charge in [0.05, 0.1) is 24.5 Å². The zero-order valence-corrected chi connectivity index (χ0v) is 21.7. The van der Waals surface area contributed by atoms with Gasteiger partial charge in [-0.25, -0.2) is 14.8 Å². The van der Waals surface area contributed by atoms with E-state index in [0.717, 1.165) is 45.9 Å². The Bertz CT molecular complexity index is 1740. The average molecular weight is 544 g/mol. The van der Waals surface area contributed by atoms with E-state index in [1.165, 1.54) is 13.4 Å². The van der Waals surface area contributed by atoms with E-state index in [4.69, 9.17) is 16.6 Å². The van der Waals surface area contributed by atoms with Gasteiger partial charge in [-0.15, -0.1) is 5.10 Å². The summed E-state index contributed by atoms with van der Waals surface area (Å²) in [5, 5.41) is 14.5. The molecule has 1 aromatic carbocycles. The van der Waals surface area contributed by atoms with Crippen LogP contribution < -0.4 is 10.9 Å². The summed E-state index contributed by atoms with van der Waals surface area (Å²) >= 11 is 6.31. The van der Waals surface area contributed by atoms with Gasteiger partial charge in [0.25, 0.3) is 5.56 Å². The maximum atomic E-state index is 13.5. The first-order valence-corrected chi connectivity index (χ1v) is 12.5. The zero-order chi connectivity index (χ0) is 27.1. The van der Waals surface area contributed by atoms with Crippen molar-refractivity contribution in [1.82, 2.24) is 39.7 Å². The van der Waals surface area contributed by atoms with Crippen LogP contribution in [0.3, 0.4) is 0 Å². The minimum atomic E-state index is -0.594. The normalized spacial score (nSPS) is 14.3. The number of amides is 1. The molecule has 196 valence electrons. The predicted molar refractivity (Wildman–Crippen MR) is 143 cm³/mol. The number of H-pyrrole nitrogens is 1. The molecule has 12 nitrogen and oxygen atoms in total. The van der Waals surface area contributed by atoms with E-state index in [-0.39, 0.29) is 11.6 Å². The molecule has 4 aromatic heterocycles. The number of anilines is 1. The Morgan fingerprint density at radius 1 is 1.18 bits per heavy atom. The molecule has 5 aromatic rings. The molecule has 6 rings (SSSR count). The number of aromatic amines is 1. The van der Waals surface area contributed by atoms with Crippen LogP contribution in [0.4, 0.5) is 10.6 Å². The number of carbonyl (C=O) groups excluding carboxylic acids is 1. The van der Waals surface area contributed by atoms with Crippen LogP contribution in [0.25, 0.3) is 28.1 Å². The SMILES string of the molecule is COC(=O)Nc1ccc(-c2nc([C@@H]3CCc4cc(-c5cc(Cl)ccc5-n5cnnn5)cc(=O)n43)[nH]c2C)cn1. The third kappa shape index (κ3) is 4.55. The lowest BCUT2D eigenvalue weighted by Crippen LogP contribution is -2.24. The highest BCUT2D eigenvalue weighted by molar-refractivity contribution is 6.31. The van der Waals surface area contributed by atoms with E-state index in [9.17, 15) is 9.59 Å². The maximum Gasteiger partial charge on any atom is 0.412 e. The van der Waals surface area contributed by atoms with E-state index < -0.39 is 6.09 Å². The van der Waals surface area contributed by atoms with E-state index in [1.54, 1.807) is 39.7 Å². The van der Waals surface area contributed by atoms with E-state index in [0.29, 0.717) is 23.1 Å². The van der Waals surface area contributed by atoms with Gasteiger partial charge in [-0.3, -0.25) is 10.1 Å². The fourth-order valence-electron chi connectivity index (χ4n) is 4.91. The van der Waals surface area contributed by atoms with Crippen molar-refractivity contribution in [2.45, 2.75) is 25.8 Å². The smallest absolute Gasteiger partial charge is 0.412 e. The van der Waals surface area contributed by atoms with Crippen LogP contribution in [0.15, 0.2) is 59.8 Å². The fraction of sp³-hybridized carbons (Fsp3) is 0.192. The second-order valence-corrected chi connectivity index (χ2v) is 9.49. The third-order valence-corrected chi connectivity index (χ3v) is 6.91. The highest BCUT2D eigenvalue weighted by Gasteiger charge is 2.29. The summed E-state index contributed by atoms with van der Waals surface area (Å²) < 4.78 is 7.92. The Hall–Kier alpha value is -4.84. The summed E-state index contributed by atoms with van der Waals surface area (Å²) in [5.74, 6) is 1.07. The largest absolute Gasteiger partial charge is 0.453 e. The molecule has 0 bridgehead atoms. The molecule has 0 spiro atoms. The third-order valence-electron chi connectivity index (χ3n) is 6.67. The van der Waals surface area contributed by atoms with Crippen LogP contribution in [0, 0.1) is 6.92 Å². The van der Waals surface area contributed by atoms with Crippen LogP contribution in [0.5, 0.6) is 0 Å². The zero-order valence-electron chi connectivity index (χ0n) is 20.9. The van der Waals surface area contributed by atoms with Gasteiger partial charge in [0.1, 0.15) is 18.0 Å². The molecule has 0 saturated carbocycles. The number of rotatable bonds is 5. The van der Waals surface area contributed by atoms with Crippen LogP contribution in [0.2, 0.25) is 5.02 Å². The number of imidazole rings is 1. The standard InChI is InChI=1S/C26H22ClN9O3/c1-14-24(15-3-8-22(28-12-15)31-26(38)39-2)32-25(30-14)21-7-5-18-9-16(10-23(37)36(18)21)19-11-17(27)4-6-20(19)35-13-29-33-34-35/h3-4,6,8-13,21H,5,7H2,1-2H3,(H,30,32)(H,28,31,38)/t21-/m0/s1. The maximum absolute atomic E-state index is 13.5. The number of ether oxygens (including phenoxy) is 1. The fourth-order valence-corrected chi connectivity index (χ4v) is 5.08. The van der Waals surface area contributed by atoms with Gasteiger partial charge in [-0.2, -0.15) is 4.68 Å². The first kappa shape index (κ1) is 24.5. The molecule has 1 aliphatic rings. The molecule has 0 saturated heterocycles. The molecule has 5 heterocycles. The van der Waals surface area contributed by atoms with Crippen molar-refractivity contribution in [2.75, 3.05) is 12.4 Å². The second kappa shape index (κ2) is 9.80. The number of aryl methyl sites for hydroxylation is 2. The number of aromatic nitrogens is 8. The van der Waals surface area contributed by atoms with Crippen LogP contribution in [-0.4, -0.2) is 52.9 Å². The van der Waals surface area contributed by atoms with Crippen LogP contribution in [-0.2, 0) is 11.2 Å². The molecule has 1 atom stereocenters. The van der Waals surface area contributed by atoms with Gasteiger partial charge < -0.3 is 14.3 Å². The Labute approximate surface area is 226 Å². The highest BCUT2D eigenvalue weighted by Crippen LogP contribution is 2.35. The summed E-state index contributed by atoms with van der Waals surface area (Å²) in [4.78, 5) is 37.4. The first-order valence-electron chi connectivity index (χ1n) is 12.1. The van der Waals surface area contributed by atoms with Gasteiger partial charge in [-0.1, -0.05) is 11.6 Å². The van der Waals surface area contributed by atoms with Crippen LogP contribution in [0.1, 0.15) is 29.7 Å². The molecule has 0 aliphatic carbocycles. The predicted octanol–water partition coefficient (Wildman–Crippen LogP) is 3.95. The number of nitrogens with one attached hydrogen (secondary N) is 2. The minimum absolute atomic E-state index is 0.136. The number of nitrogens with zero attached hydrogens (tertiary/aromatic N) is 7. The Morgan fingerprint density at radius 2 is 2.05 bits per heavy atom. The highest BCUT2D eigenvalue weighted by atomic mass is 35.5. The number of carbonyl (C=O) groups is 1. The monoisotopic (exact) mass is 543 g/mol. The molecule has 0 unspecified atom stereocenters. The van der Waals surface area contributed by atoms with Crippen molar-refractivity contribution in [2.24, 2.45) is 0 Å². The Kier molecular flexibility index (Phi) is 6.15. The molecular weight excluding hydrogens is 522 g/mol. The van der Waals surface area contributed by atoms with Crippen molar-refractivity contribution in [3.05, 3.63) is 87.6 Å². The van der Waals surface area contributed by atoms with Gasteiger partial charge in [0.15, 0.2) is 0 Å². The van der Waals surface area contributed by atoms with E-state index in [1.807, 2.05) is 25.1 Å². The summed E-state index contributed by atoms with van der Waals surface area (Å²) in [6.45, 7) is 1.92. The topological polar surface area (TPSA) is 146 Å². The summed E-state index contributed by atoms with van der Waals surface area (Å²) in [6.07, 6.45) is 3.97. The molecule has 39 heavy (non-hydrogen) atoms. The molecule has 1 aliphatic heterocycles. The molecule has 13 heteroatoms. The number of tetrazole rings is 1.